The number of nitro benzene ring substituents is 1. The van der Waals surface area contributed by atoms with Gasteiger partial charge in [0.15, 0.2) is 11.5 Å². The molecule has 8 nitrogen and oxygen atoms in total. The minimum atomic E-state index is -0.823. The van der Waals surface area contributed by atoms with E-state index < -0.39 is 28.2 Å². The zero-order valence-corrected chi connectivity index (χ0v) is 20.7. The van der Waals surface area contributed by atoms with Crippen molar-refractivity contribution in [2.24, 2.45) is 0 Å². The lowest BCUT2D eigenvalue weighted by Gasteiger charge is -2.37. The van der Waals surface area contributed by atoms with Crippen molar-refractivity contribution in [2.75, 3.05) is 0 Å². The van der Waals surface area contributed by atoms with Crippen molar-refractivity contribution in [3.8, 4) is 5.75 Å². The Morgan fingerprint density at radius 2 is 1.78 bits per heavy atom. The number of nitrogens with zero attached hydrogens (tertiary/aromatic N) is 1. The quantitative estimate of drug-likeness (QED) is 0.313. The predicted octanol–water partition coefficient (Wildman–Crippen LogP) is 5.54. The van der Waals surface area contributed by atoms with E-state index in [2.05, 4.69) is 5.32 Å². The van der Waals surface area contributed by atoms with Crippen molar-refractivity contribution in [3.63, 3.8) is 0 Å². The number of Topliss-reactive ketones (excluding diaryl/α,β-unsaturated/α-hetero) is 1. The highest BCUT2D eigenvalue weighted by molar-refractivity contribution is 6.04. The maximum Gasteiger partial charge on any atom is 0.337 e. The topological polar surface area (TPSA) is 119 Å². The summed E-state index contributed by atoms with van der Waals surface area (Å²) in [4.78, 5) is 38.2. The molecule has 2 N–H and O–H groups in total. The average molecular weight is 503 g/mol. The summed E-state index contributed by atoms with van der Waals surface area (Å²) in [5, 5.41) is 25.0. The monoisotopic (exact) mass is 502 g/mol. The van der Waals surface area contributed by atoms with Gasteiger partial charge in [-0.3, -0.25) is 14.9 Å². The Balaban J connectivity index is 1.58. The van der Waals surface area contributed by atoms with Crippen molar-refractivity contribution < 1.29 is 24.4 Å². The molecule has 1 aliphatic heterocycles. The molecule has 5 rings (SSSR count). The molecule has 2 atom stereocenters. The van der Waals surface area contributed by atoms with E-state index >= 15 is 0 Å². The van der Waals surface area contributed by atoms with Crippen LogP contribution in [0.1, 0.15) is 74.8 Å². The van der Waals surface area contributed by atoms with E-state index in [1.165, 1.54) is 12.1 Å². The number of nitrogens with one attached hydrogen (secondary N) is 1. The van der Waals surface area contributed by atoms with Crippen LogP contribution in [0.5, 0.6) is 5.75 Å². The van der Waals surface area contributed by atoms with Gasteiger partial charge in [-0.05, 0) is 62.1 Å². The molecule has 0 radical (unpaired) electrons. The molecule has 0 saturated heterocycles. The van der Waals surface area contributed by atoms with Crippen LogP contribution in [0.4, 0.5) is 5.69 Å². The number of phenols is 1. The number of nitro groups is 1. The lowest BCUT2D eigenvalue weighted by atomic mass is 9.71. The highest BCUT2D eigenvalue weighted by Gasteiger charge is 2.42. The van der Waals surface area contributed by atoms with Crippen molar-refractivity contribution in [1.29, 1.82) is 0 Å². The Labute approximate surface area is 215 Å². The normalized spacial score (nSPS) is 22.4. The van der Waals surface area contributed by atoms with E-state index in [9.17, 15) is 24.8 Å². The van der Waals surface area contributed by atoms with E-state index in [1.807, 2.05) is 30.3 Å². The third-order valence-electron chi connectivity index (χ3n) is 7.67. The van der Waals surface area contributed by atoms with Crippen LogP contribution in [0.15, 0.2) is 71.1 Å². The van der Waals surface area contributed by atoms with Crippen molar-refractivity contribution in [2.45, 2.75) is 69.8 Å². The van der Waals surface area contributed by atoms with Crippen LogP contribution < -0.4 is 5.32 Å². The molecule has 1 heterocycles. The number of ketones is 1. The molecule has 192 valence electrons. The SMILES string of the molecule is CC1=C(C(=O)OC2CCCCC2)[C@@H](c2ccc(O)c([N+](=O)[O-])c2)C2=C(C[C@@H](c3ccccc3)CC2=O)N1. The number of carbonyl (C=O) groups excluding carboxylic acids is 2. The smallest absolute Gasteiger partial charge is 0.337 e. The van der Waals surface area contributed by atoms with Crippen LogP contribution in [0.25, 0.3) is 0 Å². The lowest BCUT2D eigenvalue weighted by molar-refractivity contribution is -0.385. The molecule has 3 aliphatic rings. The number of hydrogen-bond donors (Lipinski definition) is 2. The second-order valence-corrected chi connectivity index (χ2v) is 10.1. The summed E-state index contributed by atoms with van der Waals surface area (Å²) in [7, 11) is 0. The van der Waals surface area contributed by atoms with Gasteiger partial charge in [-0.2, -0.15) is 0 Å². The summed E-state index contributed by atoms with van der Waals surface area (Å²) in [6.07, 6.45) is 5.36. The largest absolute Gasteiger partial charge is 0.502 e. The number of phenolic OH excluding ortho intramolecular Hbond substituents is 1. The summed E-state index contributed by atoms with van der Waals surface area (Å²) < 4.78 is 5.91. The second-order valence-electron chi connectivity index (χ2n) is 10.1. The minimum Gasteiger partial charge on any atom is -0.502 e. The van der Waals surface area contributed by atoms with Crippen molar-refractivity contribution in [3.05, 3.63) is 92.3 Å². The van der Waals surface area contributed by atoms with Gasteiger partial charge in [0.25, 0.3) is 0 Å². The Morgan fingerprint density at radius 1 is 1.05 bits per heavy atom. The minimum absolute atomic E-state index is 0.0155. The molecule has 8 heteroatoms. The van der Waals surface area contributed by atoms with Gasteiger partial charge in [-0.1, -0.05) is 42.8 Å². The highest BCUT2D eigenvalue weighted by atomic mass is 16.6. The molecule has 0 bridgehead atoms. The first-order valence-corrected chi connectivity index (χ1v) is 12.8. The molecule has 0 aromatic heterocycles. The molecule has 37 heavy (non-hydrogen) atoms. The van der Waals surface area contributed by atoms with Crippen LogP contribution in [-0.4, -0.2) is 27.9 Å². The maximum absolute atomic E-state index is 13.7. The molecular weight excluding hydrogens is 472 g/mol. The highest BCUT2D eigenvalue weighted by Crippen LogP contribution is 2.47. The number of hydrogen-bond acceptors (Lipinski definition) is 7. The molecule has 1 saturated carbocycles. The van der Waals surface area contributed by atoms with Gasteiger partial charge in [0.05, 0.1) is 10.5 Å². The summed E-state index contributed by atoms with van der Waals surface area (Å²) in [6.45, 7) is 1.78. The van der Waals surface area contributed by atoms with Crippen molar-refractivity contribution in [1.82, 2.24) is 5.32 Å². The predicted molar refractivity (Wildman–Crippen MR) is 137 cm³/mol. The lowest BCUT2D eigenvalue weighted by Crippen LogP contribution is -2.37. The van der Waals surface area contributed by atoms with Gasteiger partial charge >= 0.3 is 11.7 Å². The molecule has 0 unspecified atom stereocenters. The Bertz CT molecular complexity index is 1310. The summed E-state index contributed by atoms with van der Waals surface area (Å²) in [6, 6.07) is 13.9. The number of ether oxygens (including phenoxy) is 1. The number of esters is 1. The molecule has 0 amide bonds. The fourth-order valence-corrected chi connectivity index (χ4v) is 5.87. The summed E-state index contributed by atoms with van der Waals surface area (Å²) >= 11 is 0. The number of allylic oxidation sites excluding steroid dienone is 3. The number of benzene rings is 2. The molecule has 1 fully saturated rings. The van der Waals surface area contributed by atoms with Gasteiger partial charge in [0, 0.05) is 35.4 Å². The van der Waals surface area contributed by atoms with Crippen LogP contribution in [0.3, 0.4) is 0 Å². The van der Waals surface area contributed by atoms with Gasteiger partial charge in [-0.25, -0.2) is 4.79 Å². The zero-order valence-electron chi connectivity index (χ0n) is 20.7. The van der Waals surface area contributed by atoms with Gasteiger partial charge in [-0.15, -0.1) is 0 Å². The number of aromatic hydroxyl groups is 1. The van der Waals surface area contributed by atoms with E-state index in [0.717, 1.165) is 43.4 Å². The first kappa shape index (κ1) is 24.7. The number of rotatable bonds is 5. The number of carbonyl (C=O) groups is 2. The Hall–Kier alpha value is -3.94. The third-order valence-corrected chi connectivity index (χ3v) is 7.67. The Morgan fingerprint density at radius 3 is 2.49 bits per heavy atom. The second kappa shape index (κ2) is 10.2. The summed E-state index contributed by atoms with van der Waals surface area (Å²) in [5.41, 5.74) is 3.01. The van der Waals surface area contributed by atoms with E-state index in [1.54, 1.807) is 13.0 Å². The molecular formula is C29H30N2O6. The van der Waals surface area contributed by atoms with Gasteiger partial charge in [0.2, 0.25) is 0 Å². The summed E-state index contributed by atoms with van der Waals surface area (Å²) in [5.74, 6) is -1.93. The van der Waals surface area contributed by atoms with Gasteiger partial charge < -0.3 is 15.2 Å². The zero-order chi connectivity index (χ0) is 26.1. The van der Waals surface area contributed by atoms with E-state index in [0.29, 0.717) is 23.3 Å². The first-order chi connectivity index (χ1) is 17.8. The molecule has 2 aromatic rings. The van der Waals surface area contributed by atoms with Crippen LogP contribution >= 0.6 is 0 Å². The van der Waals surface area contributed by atoms with Crippen molar-refractivity contribution >= 4 is 17.4 Å². The van der Waals surface area contributed by atoms with Crippen LogP contribution in [-0.2, 0) is 14.3 Å². The number of dihydropyridines is 1. The van der Waals surface area contributed by atoms with E-state index in [-0.39, 0.29) is 29.8 Å². The van der Waals surface area contributed by atoms with Crippen LogP contribution in [0, 0.1) is 10.1 Å². The first-order valence-electron chi connectivity index (χ1n) is 12.8. The van der Waals surface area contributed by atoms with Gasteiger partial charge in [0.1, 0.15) is 6.10 Å². The third kappa shape index (κ3) is 4.88. The average Bonchev–Trinajstić information content (AvgIpc) is 2.89. The fraction of sp³-hybridized carbons (Fsp3) is 0.379. The molecule has 2 aliphatic carbocycles. The standard InChI is InChI=1S/C29H30N2O6/c1-17-26(29(34)37-21-10-6-3-7-11-21)27(19-12-13-24(32)23(15-19)31(35)36)28-22(30-17)14-20(16-25(28)33)18-8-4-2-5-9-18/h2,4-5,8-9,12-13,15,20-21,27,30,32H,3,6-7,10-11,14,16H2,1H3/t20-,27-/m1/s1. The van der Waals surface area contributed by atoms with Crippen LogP contribution in [0.2, 0.25) is 0 Å². The fourth-order valence-electron chi connectivity index (χ4n) is 5.87. The van der Waals surface area contributed by atoms with E-state index in [4.69, 9.17) is 4.74 Å². The molecule has 0 spiro atoms. The Kier molecular flexibility index (Phi) is 6.82. The molecule has 2 aromatic carbocycles. The maximum atomic E-state index is 13.7.